The second-order valence-electron chi connectivity index (χ2n) is 5.97. The van der Waals surface area contributed by atoms with Gasteiger partial charge in [-0.1, -0.05) is 13.8 Å². The van der Waals surface area contributed by atoms with Crippen LogP contribution < -0.4 is 5.32 Å². The van der Waals surface area contributed by atoms with Crippen molar-refractivity contribution in [2.24, 2.45) is 5.41 Å². The highest BCUT2D eigenvalue weighted by molar-refractivity contribution is 4.82. The van der Waals surface area contributed by atoms with E-state index in [0.29, 0.717) is 11.5 Å². The molecule has 90 valence electrons. The van der Waals surface area contributed by atoms with Crippen LogP contribution in [-0.2, 0) is 0 Å². The van der Waals surface area contributed by atoms with Gasteiger partial charge in [-0.25, -0.2) is 0 Å². The van der Waals surface area contributed by atoms with Crippen molar-refractivity contribution in [2.75, 3.05) is 20.1 Å². The largest absolute Gasteiger partial charge is 0.317 e. The van der Waals surface area contributed by atoms with E-state index < -0.39 is 0 Å². The molecule has 1 heterocycles. The maximum absolute atomic E-state index is 3.32. The van der Waals surface area contributed by atoms with E-state index in [1.165, 1.54) is 32.4 Å². The van der Waals surface area contributed by atoms with Crippen LogP contribution in [-0.4, -0.2) is 37.1 Å². The number of hydrogen-bond donors (Lipinski definition) is 1. The summed E-state index contributed by atoms with van der Waals surface area (Å²) in [5.41, 5.74) is 0.574. The van der Waals surface area contributed by atoms with E-state index in [-0.39, 0.29) is 0 Å². The molecule has 2 atom stereocenters. The fourth-order valence-corrected chi connectivity index (χ4v) is 2.35. The first kappa shape index (κ1) is 13.0. The molecule has 0 spiro atoms. The zero-order chi connectivity index (χ0) is 11.5. The Balaban J connectivity index is 2.33. The Hall–Kier alpha value is -0.0800. The average molecular weight is 212 g/mol. The molecule has 0 saturated carbocycles. The summed E-state index contributed by atoms with van der Waals surface area (Å²) in [6, 6.07) is 1.36. The van der Waals surface area contributed by atoms with Crippen LogP contribution in [0.15, 0.2) is 0 Å². The van der Waals surface area contributed by atoms with Gasteiger partial charge < -0.3 is 10.2 Å². The highest BCUT2D eigenvalue weighted by Gasteiger charge is 2.27. The lowest BCUT2D eigenvalue weighted by Crippen LogP contribution is -2.44. The minimum atomic E-state index is 0.574. The Bertz CT molecular complexity index is 179. The fourth-order valence-electron chi connectivity index (χ4n) is 2.35. The molecule has 15 heavy (non-hydrogen) atoms. The lowest BCUT2D eigenvalue weighted by atomic mass is 9.82. The molecule has 1 saturated heterocycles. The van der Waals surface area contributed by atoms with Gasteiger partial charge in [-0.15, -0.1) is 0 Å². The number of nitrogens with one attached hydrogen (secondary N) is 1. The zero-order valence-electron chi connectivity index (χ0n) is 11.1. The van der Waals surface area contributed by atoms with Crippen molar-refractivity contribution in [2.45, 2.75) is 59.0 Å². The van der Waals surface area contributed by atoms with Crippen molar-refractivity contribution in [3.05, 3.63) is 0 Å². The molecule has 0 aliphatic carbocycles. The van der Waals surface area contributed by atoms with Crippen LogP contribution in [0.1, 0.15) is 47.0 Å². The molecule has 0 amide bonds. The first-order valence-electron chi connectivity index (χ1n) is 6.36. The van der Waals surface area contributed by atoms with Gasteiger partial charge in [0, 0.05) is 12.1 Å². The van der Waals surface area contributed by atoms with E-state index in [0.717, 1.165) is 6.04 Å². The van der Waals surface area contributed by atoms with Crippen LogP contribution in [0.3, 0.4) is 0 Å². The van der Waals surface area contributed by atoms with Gasteiger partial charge in [-0.3, -0.25) is 0 Å². The molecule has 2 nitrogen and oxygen atoms in total. The van der Waals surface area contributed by atoms with Crippen molar-refractivity contribution in [1.82, 2.24) is 10.2 Å². The molecule has 0 aromatic heterocycles. The minimum Gasteiger partial charge on any atom is -0.317 e. The van der Waals surface area contributed by atoms with Crippen LogP contribution in [0, 0.1) is 5.41 Å². The first-order valence-corrected chi connectivity index (χ1v) is 6.36. The molecule has 1 aliphatic rings. The maximum Gasteiger partial charge on any atom is 0.00816 e. The van der Waals surface area contributed by atoms with Crippen molar-refractivity contribution < 1.29 is 0 Å². The van der Waals surface area contributed by atoms with Gasteiger partial charge in [-0.05, 0) is 58.7 Å². The van der Waals surface area contributed by atoms with E-state index >= 15 is 0 Å². The predicted octanol–water partition coefficient (Wildman–Crippen LogP) is 2.49. The van der Waals surface area contributed by atoms with Gasteiger partial charge in [0.2, 0.25) is 0 Å². The molecule has 1 rings (SSSR count). The Morgan fingerprint density at radius 3 is 2.20 bits per heavy atom. The molecule has 2 unspecified atom stereocenters. The zero-order valence-corrected chi connectivity index (χ0v) is 11.1. The summed E-state index contributed by atoms with van der Waals surface area (Å²) in [5, 5.41) is 3.32. The Morgan fingerprint density at radius 2 is 1.73 bits per heavy atom. The summed E-state index contributed by atoms with van der Waals surface area (Å²) in [7, 11) is 2.05. The second kappa shape index (κ2) is 5.31. The average Bonchev–Trinajstić information content (AvgIpc) is 2.17. The third-order valence-electron chi connectivity index (χ3n) is 3.96. The van der Waals surface area contributed by atoms with Gasteiger partial charge in [-0.2, -0.15) is 0 Å². The molecule has 0 aromatic carbocycles. The summed E-state index contributed by atoms with van der Waals surface area (Å²) in [6.45, 7) is 12.0. The number of rotatable bonds is 4. The predicted molar refractivity (Wildman–Crippen MR) is 67.2 cm³/mol. The normalized spacial score (nSPS) is 26.2. The van der Waals surface area contributed by atoms with Gasteiger partial charge in [0.1, 0.15) is 0 Å². The summed E-state index contributed by atoms with van der Waals surface area (Å²) in [5.74, 6) is 0. The molecule has 1 aliphatic heterocycles. The third kappa shape index (κ3) is 4.12. The maximum atomic E-state index is 3.32. The van der Waals surface area contributed by atoms with Gasteiger partial charge in [0.15, 0.2) is 0 Å². The number of piperidine rings is 1. The first-order chi connectivity index (χ1) is 6.94. The van der Waals surface area contributed by atoms with Crippen LogP contribution in [0.4, 0.5) is 0 Å². The van der Waals surface area contributed by atoms with Gasteiger partial charge in [0.25, 0.3) is 0 Å². The fraction of sp³-hybridized carbons (Fsp3) is 1.00. The van der Waals surface area contributed by atoms with Crippen LogP contribution in [0.2, 0.25) is 0 Å². The number of nitrogens with zero attached hydrogens (tertiary/aromatic N) is 1. The van der Waals surface area contributed by atoms with E-state index in [4.69, 9.17) is 0 Å². The molecule has 1 N–H and O–H groups in total. The van der Waals surface area contributed by atoms with E-state index in [2.05, 4.69) is 45.0 Å². The smallest absolute Gasteiger partial charge is 0.00816 e. The molecular formula is C13H28N2. The van der Waals surface area contributed by atoms with Crippen LogP contribution in [0.5, 0.6) is 0 Å². The highest BCUT2D eigenvalue weighted by Crippen LogP contribution is 2.30. The molecule has 2 heteroatoms. The lowest BCUT2D eigenvalue weighted by molar-refractivity contribution is 0.0933. The molecule has 1 fully saturated rings. The minimum absolute atomic E-state index is 0.574. The van der Waals surface area contributed by atoms with Crippen LogP contribution >= 0.6 is 0 Å². The Labute approximate surface area is 95.4 Å². The Morgan fingerprint density at radius 1 is 1.20 bits per heavy atom. The SMILES string of the molecule is CNC(C)CC(C)N1CCC(C)(C)CC1. The molecular weight excluding hydrogens is 184 g/mol. The molecule has 0 bridgehead atoms. The second-order valence-corrected chi connectivity index (χ2v) is 5.97. The van der Waals surface area contributed by atoms with Crippen LogP contribution in [0.25, 0.3) is 0 Å². The van der Waals surface area contributed by atoms with E-state index in [1.54, 1.807) is 0 Å². The van der Waals surface area contributed by atoms with E-state index in [9.17, 15) is 0 Å². The van der Waals surface area contributed by atoms with Gasteiger partial charge >= 0.3 is 0 Å². The standard InChI is InChI=1S/C13H28N2/c1-11(14-5)10-12(2)15-8-6-13(3,4)7-9-15/h11-12,14H,6-10H2,1-5H3. The van der Waals surface area contributed by atoms with Gasteiger partial charge in [0.05, 0.1) is 0 Å². The molecule has 0 radical (unpaired) electrons. The highest BCUT2D eigenvalue weighted by atomic mass is 15.2. The summed E-state index contributed by atoms with van der Waals surface area (Å²) < 4.78 is 0. The lowest BCUT2D eigenvalue weighted by Gasteiger charge is -2.40. The number of likely N-dealkylation sites (tertiary alicyclic amines) is 1. The third-order valence-corrected chi connectivity index (χ3v) is 3.96. The summed E-state index contributed by atoms with van der Waals surface area (Å²) in [4.78, 5) is 2.65. The van der Waals surface area contributed by atoms with Crippen molar-refractivity contribution in [1.29, 1.82) is 0 Å². The quantitative estimate of drug-likeness (QED) is 0.770. The molecule has 0 aromatic rings. The number of hydrogen-bond acceptors (Lipinski definition) is 2. The summed E-state index contributed by atoms with van der Waals surface area (Å²) >= 11 is 0. The van der Waals surface area contributed by atoms with Crippen molar-refractivity contribution >= 4 is 0 Å². The van der Waals surface area contributed by atoms with E-state index in [1.807, 2.05) is 0 Å². The van der Waals surface area contributed by atoms with Crippen molar-refractivity contribution in [3.8, 4) is 0 Å². The monoisotopic (exact) mass is 212 g/mol. The topological polar surface area (TPSA) is 15.3 Å². The van der Waals surface area contributed by atoms with Crippen molar-refractivity contribution in [3.63, 3.8) is 0 Å². The Kier molecular flexibility index (Phi) is 4.60. The summed E-state index contributed by atoms with van der Waals surface area (Å²) in [6.07, 6.45) is 3.97.